The minimum absolute atomic E-state index is 0.0598. The van der Waals surface area contributed by atoms with Crippen molar-refractivity contribution in [3.8, 4) is 5.75 Å². The van der Waals surface area contributed by atoms with Crippen LogP contribution in [0.25, 0.3) is 0 Å². The smallest absolute Gasteiger partial charge is 0.255 e. The summed E-state index contributed by atoms with van der Waals surface area (Å²) in [5.41, 5.74) is 3.09. The lowest BCUT2D eigenvalue weighted by atomic mass is 10.2. The second-order valence-corrected chi connectivity index (χ2v) is 10.8. The number of carbonyl (C=O) groups excluding carboxylic acids is 2. The van der Waals surface area contributed by atoms with E-state index in [1.165, 1.54) is 0 Å². The van der Waals surface area contributed by atoms with Crippen molar-refractivity contribution in [2.75, 3.05) is 17.3 Å². The molecule has 4 aromatic rings. The number of hydrogen-bond acceptors (Lipinski definition) is 5. The number of benzene rings is 4. The molecule has 5 rings (SSSR count). The van der Waals surface area contributed by atoms with E-state index < -0.39 is 0 Å². The summed E-state index contributed by atoms with van der Waals surface area (Å²) in [5, 5.41) is 2.66. The van der Waals surface area contributed by atoms with Crippen molar-refractivity contribution in [1.29, 1.82) is 0 Å². The van der Waals surface area contributed by atoms with Crippen LogP contribution in [0.4, 0.5) is 17.1 Å². The predicted octanol–water partition coefficient (Wildman–Crippen LogP) is 7.65. The van der Waals surface area contributed by atoms with Crippen molar-refractivity contribution in [1.82, 2.24) is 0 Å². The van der Waals surface area contributed by atoms with Gasteiger partial charge in [-0.2, -0.15) is 0 Å². The monoisotopic (exact) mass is 526 g/mol. The fourth-order valence-corrected chi connectivity index (χ4v) is 6.17. The number of thioether (sulfide) groups is 1. The van der Waals surface area contributed by atoms with Gasteiger partial charge in [0.2, 0.25) is 5.91 Å². The zero-order valence-electron chi connectivity index (χ0n) is 20.5. The minimum Gasteiger partial charge on any atom is -0.497 e. The first-order valence-corrected chi connectivity index (χ1v) is 13.7. The molecule has 0 radical (unpaired) electrons. The molecule has 1 atom stereocenters. The predicted molar refractivity (Wildman–Crippen MR) is 151 cm³/mol. The highest BCUT2D eigenvalue weighted by molar-refractivity contribution is 8.00. The van der Waals surface area contributed by atoms with E-state index in [1.807, 2.05) is 72.5 Å². The van der Waals surface area contributed by atoms with Gasteiger partial charge >= 0.3 is 0 Å². The number of fused-ring (bicyclic) bond motifs is 2. The second-order valence-electron chi connectivity index (χ2n) is 8.43. The third-order valence-electron chi connectivity index (χ3n) is 6.04. The van der Waals surface area contributed by atoms with Crippen LogP contribution in [0, 0.1) is 0 Å². The van der Waals surface area contributed by atoms with E-state index in [2.05, 4.69) is 17.4 Å². The Hall–Kier alpha value is -3.68. The Bertz CT molecular complexity index is 1380. The zero-order valence-corrected chi connectivity index (χ0v) is 22.1. The molecule has 0 spiro atoms. The standard InChI is InChI=1S/C30H26N2O3S2/c1-3-26(30(34)32-24-8-4-6-10-27(24)37-28-11-7-5-9-25(28)32)36-23-18-14-21(15-19-23)31-29(33)20-12-16-22(35-2)17-13-20/h4-19,26H,3H2,1-2H3,(H,31,33). The lowest BCUT2D eigenvalue weighted by molar-refractivity contribution is -0.117. The van der Waals surface area contributed by atoms with Crippen LogP contribution >= 0.6 is 23.5 Å². The Morgan fingerprint density at radius 3 is 2.03 bits per heavy atom. The fraction of sp³-hybridized carbons (Fsp3) is 0.133. The molecule has 1 N–H and O–H groups in total. The highest BCUT2D eigenvalue weighted by Gasteiger charge is 2.32. The highest BCUT2D eigenvalue weighted by atomic mass is 32.2. The van der Waals surface area contributed by atoms with Crippen LogP contribution in [-0.4, -0.2) is 24.2 Å². The SMILES string of the molecule is CCC(Sc1ccc(NC(=O)c2ccc(OC)cc2)cc1)C(=O)N1c2ccccc2Sc2ccccc21. The summed E-state index contributed by atoms with van der Waals surface area (Å²) in [5.74, 6) is 0.572. The molecule has 1 unspecified atom stereocenters. The number of hydrogen-bond donors (Lipinski definition) is 1. The molecular formula is C30H26N2O3S2. The van der Waals surface area contributed by atoms with Gasteiger partial charge in [0.15, 0.2) is 0 Å². The van der Waals surface area contributed by atoms with Crippen LogP contribution in [-0.2, 0) is 4.79 Å². The van der Waals surface area contributed by atoms with Crippen LogP contribution in [0.5, 0.6) is 5.75 Å². The average molecular weight is 527 g/mol. The molecule has 0 aromatic heterocycles. The summed E-state index contributed by atoms with van der Waals surface area (Å²) in [7, 11) is 1.59. The topological polar surface area (TPSA) is 58.6 Å². The van der Waals surface area contributed by atoms with Crippen molar-refractivity contribution in [3.05, 3.63) is 103 Å². The lowest BCUT2D eigenvalue weighted by Gasteiger charge is -2.33. The summed E-state index contributed by atoms with van der Waals surface area (Å²) >= 11 is 3.24. The first-order chi connectivity index (χ1) is 18.1. The van der Waals surface area contributed by atoms with E-state index in [0.717, 1.165) is 26.1 Å². The number of rotatable bonds is 7. The molecule has 0 saturated carbocycles. The van der Waals surface area contributed by atoms with Gasteiger partial charge in [-0.05, 0) is 79.2 Å². The van der Waals surface area contributed by atoms with Gasteiger partial charge in [0, 0.05) is 25.9 Å². The first kappa shape index (κ1) is 25.0. The lowest BCUT2D eigenvalue weighted by Crippen LogP contribution is -2.35. The Kier molecular flexibility index (Phi) is 7.53. The number of methoxy groups -OCH3 is 1. The number of para-hydroxylation sites is 2. The van der Waals surface area contributed by atoms with Crippen molar-refractivity contribution in [2.24, 2.45) is 0 Å². The molecular weight excluding hydrogens is 500 g/mol. The van der Waals surface area contributed by atoms with Gasteiger partial charge in [-0.25, -0.2) is 0 Å². The Morgan fingerprint density at radius 2 is 1.46 bits per heavy atom. The van der Waals surface area contributed by atoms with Gasteiger partial charge in [0.25, 0.3) is 5.91 Å². The molecule has 7 heteroatoms. The van der Waals surface area contributed by atoms with Gasteiger partial charge in [-0.15, -0.1) is 11.8 Å². The number of carbonyl (C=O) groups is 2. The molecule has 1 aliphatic rings. The van der Waals surface area contributed by atoms with Gasteiger partial charge < -0.3 is 10.1 Å². The molecule has 2 amide bonds. The van der Waals surface area contributed by atoms with Crippen molar-refractivity contribution in [2.45, 2.75) is 33.3 Å². The summed E-state index contributed by atoms with van der Waals surface area (Å²) in [4.78, 5) is 31.5. The van der Waals surface area contributed by atoms with Crippen molar-refractivity contribution < 1.29 is 14.3 Å². The Balaban J connectivity index is 1.31. The largest absolute Gasteiger partial charge is 0.497 e. The summed E-state index contributed by atoms with van der Waals surface area (Å²) < 4.78 is 5.15. The number of nitrogens with one attached hydrogen (secondary N) is 1. The first-order valence-electron chi connectivity index (χ1n) is 12.0. The highest BCUT2D eigenvalue weighted by Crippen LogP contribution is 2.48. The molecule has 4 aromatic carbocycles. The normalized spacial score (nSPS) is 12.8. The quantitative estimate of drug-likeness (QED) is 0.251. The van der Waals surface area contributed by atoms with Crippen molar-refractivity contribution >= 4 is 52.4 Å². The summed E-state index contributed by atoms with van der Waals surface area (Å²) in [6, 6.07) is 30.7. The summed E-state index contributed by atoms with van der Waals surface area (Å²) in [6.07, 6.45) is 0.688. The van der Waals surface area contributed by atoms with E-state index >= 15 is 0 Å². The average Bonchev–Trinajstić information content (AvgIpc) is 2.95. The Morgan fingerprint density at radius 1 is 0.865 bits per heavy atom. The van der Waals surface area contributed by atoms with Gasteiger partial charge in [0.1, 0.15) is 5.75 Å². The van der Waals surface area contributed by atoms with Crippen LogP contribution in [0.2, 0.25) is 0 Å². The van der Waals surface area contributed by atoms with Gasteiger partial charge in [0.05, 0.1) is 23.7 Å². The van der Waals surface area contributed by atoms with E-state index in [1.54, 1.807) is 54.9 Å². The molecule has 0 fully saturated rings. The van der Waals surface area contributed by atoms with E-state index in [9.17, 15) is 9.59 Å². The van der Waals surface area contributed by atoms with Gasteiger partial charge in [-0.3, -0.25) is 14.5 Å². The number of nitrogens with zero attached hydrogens (tertiary/aromatic N) is 1. The van der Waals surface area contributed by atoms with E-state index in [-0.39, 0.29) is 17.1 Å². The van der Waals surface area contributed by atoms with Gasteiger partial charge in [-0.1, -0.05) is 43.0 Å². The molecule has 37 heavy (non-hydrogen) atoms. The van der Waals surface area contributed by atoms with Crippen LogP contribution in [0.3, 0.4) is 0 Å². The fourth-order valence-electron chi connectivity index (χ4n) is 4.12. The van der Waals surface area contributed by atoms with E-state index in [0.29, 0.717) is 23.4 Å². The second kappa shape index (κ2) is 11.2. The maximum absolute atomic E-state index is 13.9. The molecule has 1 heterocycles. The third-order valence-corrected chi connectivity index (χ3v) is 8.54. The molecule has 0 bridgehead atoms. The molecule has 5 nitrogen and oxygen atoms in total. The number of anilines is 3. The molecule has 1 aliphatic heterocycles. The van der Waals surface area contributed by atoms with Crippen molar-refractivity contribution in [3.63, 3.8) is 0 Å². The van der Waals surface area contributed by atoms with Crippen LogP contribution in [0.1, 0.15) is 23.7 Å². The maximum Gasteiger partial charge on any atom is 0.255 e. The van der Waals surface area contributed by atoms with E-state index in [4.69, 9.17) is 4.74 Å². The molecule has 0 saturated heterocycles. The third kappa shape index (κ3) is 5.38. The minimum atomic E-state index is -0.260. The number of amides is 2. The molecule has 0 aliphatic carbocycles. The molecule has 186 valence electrons. The van der Waals surface area contributed by atoms with Crippen LogP contribution in [0.15, 0.2) is 112 Å². The zero-order chi connectivity index (χ0) is 25.8. The van der Waals surface area contributed by atoms with Crippen LogP contribution < -0.4 is 15.0 Å². The Labute approximate surface area is 225 Å². The maximum atomic E-state index is 13.9. The summed E-state index contributed by atoms with van der Waals surface area (Å²) in [6.45, 7) is 2.04. The number of ether oxygens (including phenoxy) is 1.